The van der Waals surface area contributed by atoms with Crippen LogP contribution in [-0.4, -0.2) is 37.8 Å². The van der Waals surface area contributed by atoms with Gasteiger partial charge in [0.2, 0.25) is 15.9 Å². The third-order valence-electron chi connectivity index (χ3n) is 5.25. The number of rotatable bonds is 7. The summed E-state index contributed by atoms with van der Waals surface area (Å²) in [4.78, 5) is 12.8. The molecule has 1 N–H and O–H groups in total. The van der Waals surface area contributed by atoms with Gasteiger partial charge in [-0.2, -0.15) is 0 Å². The number of nitrogens with zero attached hydrogens (tertiary/aromatic N) is 1. The van der Waals surface area contributed by atoms with Crippen LogP contribution in [0, 0.1) is 17.8 Å². The zero-order chi connectivity index (χ0) is 21.1. The third kappa shape index (κ3) is 6.09. The fraction of sp³-hybridized carbons (Fsp3) is 0.650. The first-order valence-corrected chi connectivity index (χ1v) is 12.1. The molecule has 28 heavy (non-hydrogen) atoms. The van der Waals surface area contributed by atoms with Crippen molar-refractivity contribution in [2.24, 2.45) is 17.8 Å². The van der Waals surface area contributed by atoms with Crippen LogP contribution < -0.4 is 5.32 Å². The summed E-state index contributed by atoms with van der Waals surface area (Å²) >= 11 is 12.0. The second kappa shape index (κ2) is 9.79. The lowest BCUT2D eigenvalue weighted by Gasteiger charge is -2.33. The lowest BCUT2D eigenvalue weighted by molar-refractivity contribution is -0.127. The van der Waals surface area contributed by atoms with Crippen molar-refractivity contribution in [3.63, 3.8) is 0 Å². The molecule has 1 aliphatic heterocycles. The van der Waals surface area contributed by atoms with Gasteiger partial charge in [-0.25, -0.2) is 12.7 Å². The predicted molar refractivity (Wildman–Crippen MR) is 115 cm³/mol. The highest BCUT2D eigenvalue weighted by atomic mass is 35.5. The largest absolute Gasteiger partial charge is 0.353 e. The molecular formula is C20H30Cl2N2O3S. The minimum atomic E-state index is -3.57. The van der Waals surface area contributed by atoms with Crippen LogP contribution in [0.5, 0.6) is 0 Å². The number of amides is 1. The average Bonchev–Trinajstić information content (AvgIpc) is 2.61. The number of hydrogen-bond acceptors (Lipinski definition) is 3. The SMILES string of the molecule is CC(C)C(NC(=O)[C@H]1CCCN(S(=O)(=O)Cc2ccc(Cl)cc2Cl)C1)C(C)C. The molecule has 0 saturated carbocycles. The summed E-state index contributed by atoms with van der Waals surface area (Å²) in [6, 6.07) is 4.88. The molecule has 0 spiro atoms. The highest BCUT2D eigenvalue weighted by Gasteiger charge is 2.34. The molecule has 0 bridgehead atoms. The van der Waals surface area contributed by atoms with Crippen molar-refractivity contribution in [2.75, 3.05) is 13.1 Å². The maximum Gasteiger partial charge on any atom is 0.224 e. The second-order valence-electron chi connectivity index (χ2n) is 8.21. The molecule has 5 nitrogen and oxygen atoms in total. The van der Waals surface area contributed by atoms with Gasteiger partial charge in [0.15, 0.2) is 0 Å². The molecule has 0 aliphatic carbocycles. The maximum atomic E-state index is 12.9. The zero-order valence-corrected chi connectivity index (χ0v) is 19.2. The monoisotopic (exact) mass is 448 g/mol. The van der Waals surface area contributed by atoms with E-state index in [0.717, 1.165) is 0 Å². The fourth-order valence-electron chi connectivity index (χ4n) is 3.72. The van der Waals surface area contributed by atoms with E-state index in [-0.39, 0.29) is 30.2 Å². The van der Waals surface area contributed by atoms with Crippen molar-refractivity contribution in [2.45, 2.75) is 52.3 Å². The van der Waals surface area contributed by atoms with E-state index >= 15 is 0 Å². The van der Waals surface area contributed by atoms with Crippen molar-refractivity contribution in [1.29, 1.82) is 0 Å². The molecule has 1 aliphatic rings. The van der Waals surface area contributed by atoms with Crippen LogP contribution in [0.1, 0.15) is 46.1 Å². The van der Waals surface area contributed by atoms with E-state index in [0.29, 0.717) is 46.8 Å². The number of nitrogens with one attached hydrogen (secondary N) is 1. The summed E-state index contributed by atoms with van der Waals surface area (Å²) in [6.07, 6.45) is 1.36. The third-order valence-corrected chi connectivity index (χ3v) is 7.63. The van der Waals surface area contributed by atoms with Crippen molar-refractivity contribution >= 4 is 39.1 Å². The molecule has 8 heteroatoms. The van der Waals surface area contributed by atoms with Crippen LogP contribution in [-0.2, 0) is 20.6 Å². The molecule has 1 aromatic rings. The number of hydrogen-bond donors (Lipinski definition) is 1. The molecule has 1 atom stereocenters. The Kier molecular flexibility index (Phi) is 8.20. The second-order valence-corrected chi connectivity index (χ2v) is 11.0. The van der Waals surface area contributed by atoms with Crippen LogP contribution in [0.25, 0.3) is 0 Å². The Hall–Kier alpha value is -0.820. The van der Waals surface area contributed by atoms with Crippen LogP contribution in [0.15, 0.2) is 18.2 Å². The minimum Gasteiger partial charge on any atom is -0.353 e. The van der Waals surface area contributed by atoms with Gasteiger partial charge in [-0.05, 0) is 42.4 Å². The number of sulfonamides is 1. The summed E-state index contributed by atoms with van der Waals surface area (Å²) in [5.41, 5.74) is 0.511. The quantitative estimate of drug-likeness (QED) is 0.674. The van der Waals surface area contributed by atoms with Crippen molar-refractivity contribution in [3.8, 4) is 0 Å². The molecule has 1 saturated heterocycles. The Bertz CT molecular complexity index is 789. The van der Waals surface area contributed by atoms with Gasteiger partial charge in [-0.3, -0.25) is 4.79 Å². The first-order valence-electron chi connectivity index (χ1n) is 9.73. The summed E-state index contributed by atoms with van der Waals surface area (Å²) in [5, 5.41) is 3.92. The molecule has 2 rings (SSSR count). The molecule has 1 aromatic carbocycles. The highest BCUT2D eigenvalue weighted by molar-refractivity contribution is 7.88. The number of benzene rings is 1. The summed E-state index contributed by atoms with van der Waals surface area (Å²) in [7, 11) is -3.57. The maximum absolute atomic E-state index is 12.9. The van der Waals surface area contributed by atoms with Crippen LogP contribution in [0.2, 0.25) is 10.0 Å². The van der Waals surface area contributed by atoms with Crippen LogP contribution in [0.3, 0.4) is 0 Å². The predicted octanol–water partition coefficient (Wildman–Crippen LogP) is 4.33. The van der Waals surface area contributed by atoms with E-state index < -0.39 is 10.0 Å². The van der Waals surface area contributed by atoms with Crippen LogP contribution in [0.4, 0.5) is 0 Å². The molecule has 0 radical (unpaired) electrons. The lowest BCUT2D eigenvalue weighted by atomic mass is 9.91. The Morgan fingerprint density at radius 1 is 1.21 bits per heavy atom. The smallest absolute Gasteiger partial charge is 0.224 e. The zero-order valence-electron chi connectivity index (χ0n) is 16.9. The molecule has 1 fully saturated rings. The molecule has 0 unspecified atom stereocenters. The number of carbonyl (C=O) groups excluding carboxylic acids is 1. The normalized spacial score (nSPS) is 18.8. The number of halogens is 2. The van der Waals surface area contributed by atoms with Gasteiger partial charge < -0.3 is 5.32 Å². The molecular weight excluding hydrogens is 419 g/mol. The topological polar surface area (TPSA) is 66.5 Å². The Labute approximate surface area is 178 Å². The van der Waals surface area contributed by atoms with Crippen LogP contribution >= 0.6 is 23.2 Å². The van der Waals surface area contributed by atoms with Gasteiger partial charge in [0.1, 0.15) is 0 Å². The average molecular weight is 449 g/mol. The van der Waals surface area contributed by atoms with E-state index in [1.807, 2.05) is 0 Å². The van der Waals surface area contributed by atoms with Gasteiger partial charge in [-0.15, -0.1) is 0 Å². The van der Waals surface area contributed by atoms with E-state index in [4.69, 9.17) is 23.2 Å². The molecule has 1 heterocycles. The van der Waals surface area contributed by atoms with E-state index in [9.17, 15) is 13.2 Å². The Balaban J connectivity index is 2.07. The Morgan fingerprint density at radius 2 is 1.86 bits per heavy atom. The molecule has 1 amide bonds. The van der Waals surface area contributed by atoms with E-state index in [1.54, 1.807) is 18.2 Å². The van der Waals surface area contributed by atoms with Crippen molar-refractivity contribution in [3.05, 3.63) is 33.8 Å². The summed E-state index contributed by atoms with van der Waals surface area (Å²) < 4.78 is 27.2. The molecule has 0 aromatic heterocycles. The van der Waals surface area contributed by atoms with Gasteiger partial charge in [0.05, 0.1) is 11.7 Å². The fourth-order valence-corrected chi connectivity index (χ4v) is 5.92. The van der Waals surface area contributed by atoms with E-state index in [2.05, 4.69) is 33.0 Å². The van der Waals surface area contributed by atoms with E-state index in [1.165, 1.54) is 4.31 Å². The van der Waals surface area contributed by atoms with Gasteiger partial charge in [0, 0.05) is 29.2 Å². The number of piperidine rings is 1. The standard InChI is InChI=1S/C20H30Cl2N2O3S/c1-13(2)19(14(3)4)23-20(25)15-6-5-9-24(11-15)28(26,27)12-16-7-8-17(21)10-18(16)22/h7-8,10,13-15,19H,5-6,9,11-12H2,1-4H3,(H,23,25)/t15-/m0/s1. The first kappa shape index (κ1) is 23.5. The van der Waals surface area contributed by atoms with Crippen molar-refractivity contribution < 1.29 is 13.2 Å². The first-order chi connectivity index (χ1) is 13.0. The number of carbonyl (C=O) groups is 1. The summed E-state index contributed by atoms with van der Waals surface area (Å²) in [5.74, 6) is 0.0534. The Morgan fingerprint density at radius 3 is 2.43 bits per heavy atom. The lowest BCUT2D eigenvalue weighted by Crippen LogP contribution is -2.50. The van der Waals surface area contributed by atoms with Gasteiger partial charge in [-0.1, -0.05) is 57.0 Å². The van der Waals surface area contributed by atoms with Gasteiger partial charge in [0.25, 0.3) is 0 Å². The van der Waals surface area contributed by atoms with Gasteiger partial charge >= 0.3 is 0 Å². The minimum absolute atomic E-state index is 0.0585. The highest BCUT2D eigenvalue weighted by Crippen LogP contribution is 2.26. The summed E-state index contributed by atoms with van der Waals surface area (Å²) in [6.45, 7) is 8.96. The van der Waals surface area contributed by atoms with Crippen molar-refractivity contribution in [1.82, 2.24) is 9.62 Å². The molecule has 158 valence electrons.